The molecular formula is C16H19NO5. The molecule has 118 valence electrons. The van der Waals surface area contributed by atoms with E-state index < -0.39 is 12.1 Å². The van der Waals surface area contributed by atoms with Gasteiger partial charge in [-0.2, -0.15) is 0 Å². The Balaban J connectivity index is 1.88. The van der Waals surface area contributed by atoms with Gasteiger partial charge in [0, 0.05) is 18.0 Å². The fraction of sp³-hybridized carbons (Fsp3) is 0.500. The predicted octanol–water partition coefficient (Wildman–Crippen LogP) is 1.38. The van der Waals surface area contributed by atoms with Gasteiger partial charge >= 0.3 is 5.97 Å². The number of esters is 1. The molecule has 1 aromatic carbocycles. The summed E-state index contributed by atoms with van der Waals surface area (Å²) in [6.45, 7) is 4.46. The molecule has 2 unspecified atom stereocenters. The summed E-state index contributed by atoms with van der Waals surface area (Å²) in [5.41, 5.74) is 0.570. The Hall–Kier alpha value is -2.08. The van der Waals surface area contributed by atoms with Crippen molar-refractivity contribution in [3.8, 4) is 5.75 Å². The van der Waals surface area contributed by atoms with Gasteiger partial charge in [-0.1, -0.05) is 6.92 Å². The number of rotatable bonds is 4. The summed E-state index contributed by atoms with van der Waals surface area (Å²) in [6.07, 6.45) is -0.728. The monoisotopic (exact) mass is 305 g/mol. The summed E-state index contributed by atoms with van der Waals surface area (Å²) in [5.74, 6) is 0.0862. The largest absolute Gasteiger partial charge is 0.497 e. The lowest BCUT2D eigenvalue weighted by Gasteiger charge is -2.56. The second-order valence-corrected chi connectivity index (χ2v) is 6.03. The molecule has 0 N–H and O–H groups in total. The molecule has 0 spiro atoms. The lowest BCUT2D eigenvalue weighted by Crippen LogP contribution is -2.75. The summed E-state index contributed by atoms with van der Waals surface area (Å²) in [6, 6.07) is 7.07. The molecule has 2 aliphatic heterocycles. The van der Waals surface area contributed by atoms with Gasteiger partial charge in [-0.15, -0.1) is 0 Å². The van der Waals surface area contributed by atoms with Gasteiger partial charge in [-0.3, -0.25) is 9.59 Å². The number of ether oxygens (including phenoxy) is 3. The van der Waals surface area contributed by atoms with Gasteiger partial charge in [-0.25, -0.2) is 0 Å². The summed E-state index contributed by atoms with van der Waals surface area (Å²) >= 11 is 0. The minimum atomic E-state index is -0.728. The van der Waals surface area contributed by atoms with E-state index in [0.29, 0.717) is 13.2 Å². The molecule has 2 aliphatic rings. The molecule has 22 heavy (non-hydrogen) atoms. The molecule has 2 fully saturated rings. The summed E-state index contributed by atoms with van der Waals surface area (Å²) in [4.78, 5) is 25.4. The van der Waals surface area contributed by atoms with E-state index in [0.717, 1.165) is 11.4 Å². The smallest absolute Gasteiger partial charge is 0.303 e. The van der Waals surface area contributed by atoms with Crippen LogP contribution in [0.4, 0.5) is 5.69 Å². The minimum absolute atomic E-state index is 0.196. The van der Waals surface area contributed by atoms with Crippen LogP contribution in [0.15, 0.2) is 24.3 Å². The van der Waals surface area contributed by atoms with Crippen molar-refractivity contribution < 1.29 is 23.8 Å². The minimum Gasteiger partial charge on any atom is -0.497 e. The first-order chi connectivity index (χ1) is 10.5. The summed E-state index contributed by atoms with van der Waals surface area (Å²) in [5, 5.41) is 0. The number of hydrogen-bond donors (Lipinski definition) is 0. The van der Waals surface area contributed by atoms with Crippen LogP contribution < -0.4 is 9.64 Å². The number of nitrogens with zero attached hydrogens (tertiary/aromatic N) is 1. The molecule has 1 aromatic rings. The van der Waals surface area contributed by atoms with Crippen molar-refractivity contribution in [2.24, 2.45) is 5.41 Å². The van der Waals surface area contributed by atoms with Crippen LogP contribution in [-0.4, -0.2) is 44.3 Å². The first-order valence-electron chi connectivity index (χ1n) is 7.18. The van der Waals surface area contributed by atoms with Crippen molar-refractivity contribution in [3.05, 3.63) is 24.3 Å². The topological polar surface area (TPSA) is 65.1 Å². The fourth-order valence-electron chi connectivity index (χ4n) is 3.06. The van der Waals surface area contributed by atoms with E-state index in [2.05, 4.69) is 0 Å². The highest BCUT2D eigenvalue weighted by molar-refractivity contribution is 6.06. The quantitative estimate of drug-likeness (QED) is 0.621. The zero-order chi connectivity index (χ0) is 15.9. The average molecular weight is 305 g/mol. The third-order valence-corrected chi connectivity index (χ3v) is 4.27. The second kappa shape index (κ2) is 5.28. The van der Waals surface area contributed by atoms with Crippen LogP contribution in [0.3, 0.4) is 0 Å². The fourth-order valence-corrected chi connectivity index (χ4v) is 3.06. The Morgan fingerprint density at radius 2 is 1.95 bits per heavy atom. The van der Waals surface area contributed by atoms with Gasteiger partial charge in [0.15, 0.2) is 0 Å². The Kier molecular flexibility index (Phi) is 3.56. The molecule has 0 radical (unpaired) electrons. The third kappa shape index (κ3) is 2.23. The van der Waals surface area contributed by atoms with Crippen molar-refractivity contribution in [1.29, 1.82) is 0 Å². The normalized spacial score (nSPS) is 26.0. The van der Waals surface area contributed by atoms with E-state index in [1.807, 2.05) is 19.1 Å². The summed E-state index contributed by atoms with van der Waals surface area (Å²) < 4.78 is 15.7. The van der Waals surface area contributed by atoms with Crippen molar-refractivity contribution in [2.45, 2.75) is 26.0 Å². The van der Waals surface area contributed by atoms with Gasteiger partial charge in [-0.05, 0) is 24.3 Å². The predicted molar refractivity (Wildman–Crippen MR) is 78.7 cm³/mol. The standard InChI is InChI=1S/C16H19NO5/c1-10(18)22-13-14(16(2)8-21-9-16)17(15(13)19)11-4-6-12(20-3)7-5-11/h4-7,13-14H,8-9H2,1-3H3. The van der Waals surface area contributed by atoms with E-state index in [4.69, 9.17) is 14.2 Å². The lowest BCUT2D eigenvalue weighted by molar-refractivity contribution is -0.182. The SMILES string of the molecule is COc1ccc(N2C(=O)C(OC(C)=O)C2C2(C)COC2)cc1. The van der Waals surface area contributed by atoms with Crippen molar-refractivity contribution in [1.82, 2.24) is 0 Å². The molecule has 0 bridgehead atoms. The molecule has 6 heteroatoms. The number of anilines is 1. The van der Waals surface area contributed by atoms with Crippen LogP contribution in [0.2, 0.25) is 0 Å². The molecule has 0 aromatic heterocycles. The van der Waals surface area contributed by atoms with Crippen molar-refractivity contribution >= 4 is 17.6 Å². The summed E-state index contributed by atoms with van der Waals surface area (Å²) in [7, 11) is 1.59. The molecule has 2 saturated heterocycles. The maximum Gasteiger partial charge on any atom is 0.303 e. The van der Waals surface area contributed by atoms with Gasteiger partial charge in [0.2, 0.25) is 6.10 Å². The van der Waals surface area contributed by atoms with Crippen LogP contribution in [0.1, 0.15) is 13.8 Å². The Morgan fingerprint density at radius 3 is 2.41 bits per heavy atom. The van der Waals surface area contributed by atoms with E-state index in [-0.39, 0.29) is 17.4 Å². The molecule has 1 amide bonds. The highest BCUT2D eigenvalue weighted by Crippen LogP contribution is 2.44. The van der Waals surface area contributed by atoms with Crippen molar-refractivity contribution in [3.63, 3.8) is 0 Å². The highest BCUT2D eigenvalue weighted by Gasteiger charge is 2.61. The van der Waals surface area contributed by atoms with E-state index >= 15 is 0 Å². The maximum atomic E-state index is 12.4. The van der Waals surface area contributed by atoms with Gasteiger partial charge < -0.3 is 19.1 Å². The van der Waals surface area contributed by atoms with Crippen LogP contribution >= 0.6 is 0 Å². The number of methoxy groups -OCH3 is 1. The number of carbonyl (C=O) groups excluding carboxylic acids is 2. The number of hydrogen-bond acceptors (Lipinski definition) is 5. The van der Waals surface area contributed by atoms with E-state index in [1.54, 1.807) is 24.1 Å². The molecule has 2 heterocycles. The second-order valence-electron chi connectivity index (χ2n) is 6.03. The van der Waals surface area contributed by atoms with Gasteiger partial charge in [0.05, 0.1) is 26.4 Å². The average Bonchev–Trinajstić information content (AvgIpc) is 2.48. The number of carbonyl (C=O) groups is 2. The number of β-lactam (4-membered cyclic amide) rings is 1. The maximum absolute atomic E-state index is 12.4. The number of amides is 1. The van der Waals surface area contributed by atoms with Gasteiger partial charge in [0.25, 0.3) is 5.91 Å². The molecule has 0 saturated carbocycles. The van der Waals surface area contributed by atoms with Crippen LogP contribution in [-0.2, 0) is 19.1 Å². The molecule has 3 rings (SSSR count). The Bertz CT molecular complexity index is 593. The lowest BCUT2D eigenvalue weighted by atomic mass is 9.72. The highest BCUT2D eigenvalue weighted by atomic mass is 16.6. The third-order valence-electron chi connectivity index (χ3n) is 4.27. The Morgan fingerprint density at radius 1 is 1.32 bits per heavy atom. The first-order valence-corrected chi connectivity index (χ1v) is 7.18. The van der Waals surface area contributed by atoms with Crippen LogP contribution in [0.5, 0.6) is 5.75 Å². The van der Waals surface area contributed by atoms with Crippen LogP contribution in [0, 0.1) is 5.41 Å². The zero-order valence-electron chi connectivity index (χ0n) is 12.9. The number of benzene rings is 1. The van der Waals surface area contributed by atoms with E-state index in [9.17, 15) is 9.59 Å². The van der Waals surface area contributed by atoms with Gasteiger partial charge in [0.1, 0.15) is 5.75 Å². The van der Waals surface area contributed by atoms with E-state index in [1.165, 1.54) is 6.92 Å². The molecular weight excluding hydrogens is 286 g/mol. The molecule has 0 aliphatic carbocycles. The first kappa shape index (κ1) is 14.8. The van der Waals surface area contributed by atoms with Crippen molar-refractivity contribution in [2.75, 3.05) is 25.2 Å². The Labute approximate surface area is 128 Å². The van der Waals surface area contributed by atoms with Crippen LogP contribution in [0.25, 0.3) is 0 Å². The zero-order valence-corrected chi connectivity index (χ0v) is 12.9. The molecule has 2 atom stereocenters. The molecule has 6 nitrogen and oxygen atoms in total.